The maximum absolute atomic E-state index is 14.7. The molecule has 0 saturated heterocycles. The van der Waals surface area contributed by atoms with Gasteiger partial charge in [-0.15, -0.1) is 0 Å². The molecule has 0 fully saturated rings. The standard InChI is InChI=1S/C29H28F4N2O/c1-18(2)22-10-5-20(6-11-22)16-35(17-21-7-12-24(30)13-8-21)27(29(31,32)33)25-15-23-9-4-19(3)14-26(23)34-28(25)36/h4-15,18,27H,16-17H2,1-3H3,(H,34,36). The summed E-state index contributed by atoms with van der Waals surface area (Å²) in [5, 5.41) is 0.521. The van der Waals surface area contributed by atoms with Crippen LogP contribution in [0.5, 0.6) is 0 Å². The molecule has 0 spiro atoms. The zero-order valence-electron chi connectivity index (χ0n) is 20.4. The normalized spacial score (nSPS) is 13.0. The fourth-order valence-corrected chi connectivity index (χ4v) is 4.42. The molecule has 0 saturated carbocycles. The number of pyridine rings is 1. The van der Waals surface area contributed by atoms with E-state index in [-0.39, 0.29) is 24.6 Å². The first-order valence-corrected chi connectivity index (χ1v) is 11.8. The van der Waals surface area contributed by atoms with E-state index >= 15 is 0 Å². The van der Waals surface area contributed by atoms with Crippen LogP contribution in [0.15, 0.2) is 77.6 Å². The first-order chi connectivity index (χ1) is 17.0. The number of aromatic amines is 1. The van der Waals surface area contributed by atoms with Gasteiger partial charge in [-0.05, 0) is 64.7 Å². The molecule has 3 aromatic carbocycles. The molecule has 1 atom stereocenters. The fourth-order valence-electron chi connectivity index (χ4n) is 4.42. The fraction of sp³-hybridized carbons (Fsp3) is 0.276. The Labute approximate surface area is 207 Å². The largest absolute Gasteiger partial charge is 0.408 e. The van der Waals surface area contributed by atoms with Crippen LogP contribution in [0, 0.1) is 12.7 Å². The van der Waals surface area contributed by atoms with Gasteiger partial charge in [-0.25, -0.2) is 4.39 Å². The molecule has 0 radical (unpaired) electrons. The Kier molecular flexibility index (Phi) is 7.31. The molecule has 1 heterocycles. The lowest BCUT2D eigenvalue weighted by molar-refractivity contribution is -0.190. The molecule has 0 aliphatic rings. The van der Waals surface area contributed by atoms with E-state index in [4.69, 9.17) is 0 Å². The number of hydrogen-bond donors (Lipinski definition) is 1. The molecule has 0 amide bonds. The Morgan fingerprint density at radius 3 is 2.00 bits per heavy atom. The number of nitrogens with zero attached hydrogens (tertiary/aromatic N) is 1. The predicted octanol–water partition coefficient (Wildman–Crippen LogP) is 7.40. The summed E-state index contributed by atoms with van der Waals surface area (Å²) >= 11 is 0. The van der Waals surface area contributed by atoms with Crippen LogP contribution in [0.3, 0.4) is 0 Å². The smallest absolute Gasteiger partial charge is 0.322 e. The summed E-state index contributed by atoms with van der Waals surface area (Å²) in [6.45, 7) is 5.76. The summed E-state index contributed by atoms with van der Waals surface area (Å²) in [7, 11) is 0. The average molecular weight is 497 g/mol. The van der Waals surface area contributed by atoms with E-state index in [0.29, 0.717) is 22.0 Å². The van der Waals surface area contributed by atoms with Gasteiger partial charge in [0.05, 0.1) is 0 Å². The number of H-pyrrole nitrogens is 1. The zero-order valence-corrected chi connectivity index (χ0v) is 20.4. The average Bonchev–Trinajstić information content (AvgIpc) is 2.80. The Morgan fingerprint density at radius 1 is 0.861 bits per heavy atom. The molecule has 1 unspecified atom stereocenters. The number of halogens is 4. The van der Waals surface area contributed by atoms with E-state index in [1.165, 1.54) is 35.2 Å². The lowest BCUT2D eigenvalue weighted by atomic mass is 9.99. The van der Waals surface area contributed by atoms with Crippen LogP contribution < -0.4 is 5.56 Å². The molecule has 188 valence electrons. The third-order valence-electron chi connectivity index (χ3n) is 6.33. The molecule has 1 N–H and O–H groups in total. The van der Waals surface area contributed by atoms with Crippen molar-refractivity contribution >= 4 is 10.9 Å². The van der Waals surface area contributed by atoms with Crippen molar-refractivity contribution in [1.29, 1.82) is 0 Å². The molecule has 0 bridgehead atoms. The summed E-state index contributed by atoms with van der Waals surface area (Å²) in [5.41, 5.74) is 2.49. The summed E-state index contributed by atoms with van der Waals surface area (Å²) in [6, 6.07) is 17.2. The van der Waals surface area contributed by atoms with Crippen molar-refractivity contribution in [3.8, 4) is 0 Å². The highest BCUT2D eigenvalue weighted by atomic mass is 19.4. The molecular formula is C29H28F4N2O. The molecule has 1 aromatic heterocycles. The SMILES string of the molecule is Cc1ccc2cc(C(N(Cc3ccc(F)cc3)Cc3ccc(C(C)C)cc3)C(F)(F)F)c(=O)[nH]c2c1. The summed E-state index contributed by atoms with van der Waals surface area (Å²) in [6.07, 6.45) is -4.73. The van der Waals surface area contributed by atoms with Crippen molar-refractivity contribution in [1.82, 2.24) is 9.88 Å². The molecule has 36 heavy (non-hydrogen) atoms. The first-order valence-electron chi connectivity index (χ1n) is 11.8. The second kappa shape index (κ2) is 10.3. The molecular weight excluding hydrogens is 468 g/mol. The lowest BCUT2D eigenvalue weighted by Gasteiger charge is -2.33. The Hall–Kier alpha value is -3.45. The molecule has 3 nitrogen and oxygen atoms in total. The molecule has 4 aromatic rings. The van der Waals surface area contributed by atoms with Gasteiger partial charge in [-0.3, -0.25) is 9.69 Å². The van der Waals surface area contributed by atoms with Gasteiger partial charge >= 0.3 is 6.18 Å². The van der Waals surface area contributed by atoms with Crippen LogP contribution in [-0.4, -0.2) is 16.1 Å². The molecule has 0 aliphatic heterocycles. The number of benzene rings is 3. The van der Waals surface area contributed by atoms with Crippen LogP contribution in [0.1, 0.15) is 53.6 Å². The minimum absolute atomic E-state index is 0.0503. The first kappa shape index (κ1) is 25.6. The summed E-state index contributed by atoms with van der Waals surface area (Å²) in [5.74, 6) is -0.180. The van der Waals surface area contributed by atoms with E-state index < -0.39 is 23.6 Å². The topological polar surface area (TPSA) is 36.1 Å². The monoisotopic (exact) mass is 496 g/mol. The number of nitrogens with one attached hydrogen (secondary N) is 1. The van der Waals surface area contributed by atoms with Crippen molar-refractivity contribution in [2.24, 2.45) is 0 Å². The second-order valence-corrected chi connectivity index (χ2v) is 9.52. The zero-order chi connectivity index (χ0) is 26.0. The predicted molar refractivity (Wildman–Crippen MR) is 134 cm³/mol. The van der Waals surface area contributed by atoms with Crippen LogP contribution in [0.25, 0.3) is 10.9 Å². The number of rotatable bonds is 7. The lowest BCUT2D eigenvalue weighted by Crippen LogP contribution is -2.40. The van der Waals surface area contributed by atoms with E-state index in [1.54, 1.807) is 18.2 Å². The third kappa shape index (κ3) is 5.85. The molecule has 0 aliphatic carbocycles. The third-order valence-corrected chi connectivity index (χ3v) is 6.33. The Morgan fingerprint density at radius 2 is 1.44 bits per heavy atom. The van der Waals surface area contributed by atoms with Gasteiger partial charge in [0.25, 0.3) is 5.56 Å². The van der Waals surface area contributed by atoms with E-state index in [0.717, 1.165) is 11.1 Å². The van der Waals surface area contributed by atoms with Gasteiger partial charge in [0, 0.05) is 24.2 Å². The van der Waals surface area contributed by atoms with Gasteiger partial charge in [-0.2, -0.15) is 13.2 Å². The van der Waals surface area contributed by atoms with Crippen molar-refractivity contribution in [3.63, 3.8) is 0 Å². The van der Waals surface area contributed by atoms with E-state index in [1.807, 2.05) is 45.0 Å². The van der Waals surface area contributed by atoms with Gasteiger partial charge in [-0.1, -0.05) is 62.4 Å². The number of aromatic nitrogens is 1. The van der Waals surface area contributed by atoms with Gasteiger partial charge in [0.15, 0.2) is 0 Å². The minimum atomic E-state index is -4.73. The van der Waals surface area contributed by atoms with Crippen LogP contribution in [-0.2, 0) is 13.1 Å². The van der Waals surface area contributed by atoms with Crippen LogP contribution >= 0.6 is 0 Å². The number of aryl methyl sites for hydroxylation is 1. The molecule has 7 heteroatoms. The number of alkyl halides is 3. The quantitative estimate of drug-likeness (QED) is 0.271. The highest BCUT2D eigenvalue weighted by Gasteiger charge is 2.46. The van der Waals surface area contributed by atoms with Crippen molar-refractivity contribution in [2.75, 3.05) is 0 Å². The number of fused-ring (bicyclic) bond motifs is 1. The minimum Gasteiger partial charge on any atom is -0.322 e. The summed E-state index contributed by atoms with van der Waals surface area (Å²) in [4.78, 5) is 16.8. The maximum atomic E-state index is 14.7. The van der Waals surface area contributed by atoms with E-state index in [2.05, 4.69) is 4.98 Å². The van der Waals surface area contributed by atoms with Crippen LogP contribution in [0.2, 0.25) is 0 Å². The van der Waals surface area contributed by atoms with Crippen molar-refractivity contribution in [2.45, 2.75) is 52.0 Å². The highest BCUT2D eigenvalue weighted by Crippen LogP contribution is 2.39. The van der Waals surface area contributed by atoms with Crippen molar-refractivity contribution < 1.29 is 17.6 Å². The Balaban J connectivity index is 1.81. The highest BCUT2D eigenvalue weighted by molar-refractivity contribution is 5.79. The van der Waals surface area contributed by atoms with Gasteiger partial charge in [0.1, 0.15) is 11.9 Å². The Bertz CT molecular complexity index is 1390. The summed E-state index contributed by atoms with van der Waals surface area (Å²) < 4.78 is 57.5. The second-order valence-electron chi connectivity index (χ2n) is 9.52. The maximum Gasteiger partial charge on any atom is 0.408 e. The number of hydrogen-bond acceptors (Lipinski definition) is 2. The van der Waals surface area contributed by atoms with E-state index in [9.17, 15) is 22.4 Å². The van der Waals surface area contributed by atoms with Crippen LogP contribution in [0.4, 0.5) is 17.6 Å². The molecule has 4 rings (SSSR count). The van der Waals surface area contributed by atoms with Gasteiger partial charge in [0.2, 0.25) is 0 Å². The van der Waals surface area contributed by atoms with Gasteiger partial charge < -0.3 is 4.98 Å². The van der Waals surface area contributed by atoms with Crippen molar-refractivity contribution in [3.05, 3.63) is 117 Å².